The number of likely N-dealkylation sites (N-methyl/N-ethyl adjacent to an activating group) is 1. The van der Waals surface area contributed by atoms with E-state index in [4.69, 9.17) is 34.8 Å². The van der Waals surface area contributed by atoms with Crippen molar-refractivity contribution in [1.29, 1.82) is 0 Å². The zero-order valence-electron chi connectivity index (χ0n) is 20.1. The maximum atomic E-state index is 13.2. The van der Waals surface area contributed by atoms with E-state index in [1.54, 1.807) is 57.2 Å². The molecule has 0 aliphatic carbocycles. The Bertz CT molecular complexity index is 1170. The fraction of sp³-hybridized carbons (Fsp3) is 0.417. The van der Waals surface area contributed by atoms with Crippen LogP contribution >= 0.6 is 34.8 Å². The van der Waals surface area contributed by atoms with E-state index in [-0.39, 0.29) is 37.7 Å². The van der Waals surface area contributed by atoms with E-state index in [0.29, 0.717) is 27.3 Å². The number of anilines is 1. The Morgan fingerprint density at radius 2 is 1.74 bits per heavy atom. The molecule has 2 amide bonds. The average Bonchev–Trinajstić information content (AvgIpc) is 2.78. The van der Waals surface area contributed by atoms with E-state index in [2.05, 4.69) is 5.32 Å². The van der Waals surface area contributed by atoms with Crippen molar-refractivity contribution in [3.05, 3.63) is 62.6 Å². The maximum absolute atomic E-state index is 13.2. The Labute approximate surface area is 222 Å². The molecular weight excluding hydrogens is 533 g/mol. The fourth-order valence-electron chi connectivity index (χ4n) is 3.57. The molecule has 11 heteroatoms. The molecule has 0 fully saturated rings. The summed E-state index contributed by atoms with van der Waals surface area (Å²) in [5.74, 6) is -0.570. The van der Waals surface area contributed by atoms with Crippen LogP contribution in [0.4, 0.5) is 5.69 Å². The monoisotopic (exact) mass is 561 g/mol. The Balaban J connectivity index is 2.21. The van der Waals surface area contributed by atoms with Gasteiger partial charge in [-0.3, -0.25) is 13.9 Å². The van der Waals surface area contributed by atoms with Gasteiger partial charge in [0.25, 0.3) is 0 Å². The second kappa shape index (κ2) is 12.8. The number of carbonyl (C=O) groups excluding carboxylic acids is 2. The van der Waals surface area contributed by atoms with Gasteiger partial charge in [0.1, 0.15) is 6.04 Å². The molecule has 0 saturated heterocycles. The van der Waals surface area contributed by atoms with E-state index in [9.17, 15) is 18.0 Å². The summed E-state index contributed by atoms with van der Waals surface area (Å²) in [5, 5.41) is 3.89. The van der Waals surface area contributed by atoms with E-state index in [1.807, 2.05) is 0 Å². The molecule has 0 aliphatic rings. The Morgan fingerprint density at radius 3 is 2.34 bits per heavy atom. The number of halogens is 3. The zero-order chi connectivity index (χ0) is 26.3. The second-order valence-electron chi connectivity index (χ2n) is 8.21. The molecule has 0 bridgehead atoms. The fourth-order valence-corrected chi connectivity index (χ4v) is 5.07. The lowest BCUT2D eigenvalue weighted by atomic mass is 10.1. The van der Waals surface area contributed by atoms with E-state index in [0.717, 1.165) is 17.4 Å². The number of aryl methyl sites for hydroxylation is 1. The van der Waals surface area contributed by atoms with Crippen molar-refractivity contribution in [3.63, 3.8) is 0 Å². The molecule has 0 heterocycles. The summed E-state index contributed by atoms with van der Waals surface area (Å²) in [7, 11) is -3.61. The quantitative estimate of drug-likeness (QED) is 0.415. The predicted molar refractivity (Wildman–Crippen MR) is 143 cm³/mol. The third-order valence-electron chi connectivity index (χ3n) is 5.45. The van der Waals surface area contributed by atoms with Crippen molar-refractivity contribution in [2.75, 3.05) is 23.7 Å². The van der Waals surface area contributed by atoms with Crippen molar-refractivity contribution in [3.8, 4) is 0 Å². The van der Waals surface area contributed by atoms with Gasteiger partial charge >= 0.3 is 0 Å². The van der Waals surface area contributed by atoms with Gasteiger partial charge in [-0.2, -0.15) is 0 Å². The molecule has 1 N–H and O–H groups in total. The number of hydrogen-bond donors (Lipinski definition) is 1. The summed E-state index contributed by atoms with van der Waals surface area (Å²) in [6, 6.07) is 9.32. The Morgan fingerprint density at radius 1 is 1.06 bits per heavy atom. The number of amides is 2. The minimum atomic E-state index is -3.61. The van der Waals surface area contributed by atoms with Crippen LogP contribution in [0.2, 0.25) is 15.1 Å². The van der Waals surface area contributed by atoms with Crippen LogP contribution in [0, 0.1) is 6.92 Å². The number of benzene rings is 2. The molecule has 1 atom stereocenters. The summed E-state index contributed by atoms with van der Waals surface area (Å²) < 4.78 is 26.2. The summed E-state index contributed by atoms with van der Waals surface area (Å²) in [4.78, 5) is 27.2. The maximum Gasteiger partial charge on any atom is 0.242 e. The van der Waals surface area contributed by atoms with Crippen molar-refractivity contribution in [1.82, 2.24) is 10.2 Å². The van der Waals surface area contributed by atoms with Gasteiger partial charge in [0.2, 0.25) is 21.8 Å². The highest BCUT2D eigenvalue weighted by Crippen LogP contribution is 2.27. The molecule has 2 aromatic carbocycles. The van der Waals surface area contributed by atoms with Crippen LogP contribution < -0.4 is 9.62 Å². The van der Waals surface area contributed by atoms with Gasteiger partial charge in [0.15, 0.2) is 0 Å². The third-order valence-corrected chi connectivity index (χ3v) is 7.60. The summed E-state index contributed by atoms with van der Waals surface area (Å²) in [6.07, 6.45) is 1.40. The first-order valence-corrected chi connectivity index (χ1v) is 14.1. The number of nitrogens with one attached hydrogen (secondary N) is 1. The summed E-state index contributed by atoms with van der Waals surface area (Å²) in [5.41, 5.74) is 1.93. The molecule has 2 aromatic rings. The largest absolute Gasteiger partial charge is 0.355 e. The lowest BCUT2D eigenvalue weighted by Crippen LogP contribution is -2.47. The van der Waals surface area contributed by atoms with Crippen LogP contribution in [-0.2, 0) is 26.2 Å². The molecule has 0 aliphatic heterocycles. The normalized spacial score (nSPS) is 12.2. The average molecular weight is 563 g/mol. The molecule has 0 saturated carbocycles. The molecule has 0 unspecified atom stereocenters. The molecule has 0 radical (unpaired) electrons. The highest BCUT2D eigenvalue weighted by atomic mass is 35.5. The molecule has 35 heavy (non-hydrogen) atoms. The first-order valence-electron chi connectivity index (χ1n) is 11.1. The minimum Gasteiger partial charge on any atom is -0.355 e. The number of sulfonamides is 1. The van der Waals surface area contributed by atoms with Crippen molar-refractivity contribution >= 4 is 62.3 Å². The smallest absolute Gasteiger partial charge is 0.242 e. The van der Waals surface area contributed by atoms with Crippen molar-refractivity contribution in [2.24, 2.45) is 0 Å². The van der Waals surface area contributed by atoms with Crippen LogP contribution in [-0.4, -0.2) is 50.5 Å². The van der Waals surface area contributed by atoms with E-state index < -0.39 is 16.1 Å². The number of carbonyl (C=O) groups is 2. The minimum absolute atomic E-state index is 0.0384. The SMILES string of the molecule is CCNC(=O)[C@H](C)N(Cc1ccc(Cl)c(Cl)c1)C(=O)CCCN(c1cc(Cl)ccc1C)S(C)(=O)=O. The van der Waals surface area contributed by atoms with Gasteiger partial charge in [-0.25, -0.2) is 8.42 Å². The first kappa shape index (κ1) is 29.2. The van der Waals surface area contributed by atoms with Crippen molar-refractivity contribution in [2.45, 2.75) is 46.2 Å². The molecule has 0 spiro atoms. The van der Waals surface area contributed by atoms with Crippen LogP contribution in [0.5, 0.6) is 0 Å². The van der Waals surface area contributed by atoms with Gasteiger partial charge in [-0.1, -0.05) is 46.9 Å². The number of rotatable bonds is 11. The zero-order valence-corrected chi connectivity index (χ0v) is 23.2. The van der Waals surface area contributed by atoms with Gasteiger partial charge in [-0.05, 0) is 62.6 Å². The van der Waals surface area contributed by atoms with Crippen LogP contribution in [0.25, 0.3) is 0 Å². The lowest BCUT2D eigenvalue weighted by molar-refractivity contribution is -0.140. The summed E-state index contributed by atoms with van der Waals surface area (Å²) in [6.45, 7) is 5.91. The Kier molecular flexibility index (Phi) is 10.7. The molecule has 7 nitrogen and oxygen atoms in total. The predicted octanol–water partition coefficient (Wildman–Crippen LogP) is 5.05. The topological polar surface area (TPSA) is 86.8 Å². The second-order valence-corrected chi connectivity index (χ2v) is 11.4. The third kappa shape index (κ3) is 8.27. The van der Waals surface area contributed by atoms with Crippen LogP contribution in [0.15, 0.2) is 36.4 Å². The number of nitrogens with zero attached hydrogens (tertiary/aromatic N) is 2. The molecule has 192 valence electrons. The molecule has 2 rings (SSSR count). The molecule has 0 aromatic heterocycles. The standard InChI is InChI=1S/C24H30Cl3N3O4S/c1-5-28-24(32)17(3)29(15-18-9-11-20(26)21(27)13-18)23(31)7-6-12-30(35(4,33)34)22-14-19(25)10-8-16(22)2/h8-11,13-14,17H,5-7,12,15H2,1-4H3,(H,28,32)/t17-/m0/s1. The highest BCUT2D eigenvalue weighted by Gasteiger charge is 2.27. The van der Waals surface area contributed by atoms with Gasteiger partial charge in [0.05, 0.1) is 22.0 Å². The first-order chi connectivity index (χ1) is 16.3. The van der Waals surface area contributed by atoms with Gasteiger partial charge in [-0.15, -0.1) is 0 Å². The number of hydrogen-bond acceptors (Lipinski definition) is 4. The van der Waals surface area contributed by atoms with Crippen molar-refractivity contribution < 1.29 is 18.0 Å². The lowest BCUT2D eigenvalue weighted by Gasteiger charge is -2.29. The molecular formula is C24H30Cl3N3O4S. The van der Waals surface area contributed by atoms with Crippen LogP contribution in [0.3, 0.4) is 0 Å². The van der Waals surface area contributed by atoms with Gasteiger partial charge < -0.3 is 10.2 Å². The Hall–Kier alpha value is -2.00. The van der Waals surface area contributed by atoms with E-state index in [1.165, 1.54) is 9.21 Å². The van der Waals surface area contributed by atoms with E-state index >= 15 is 0 Å². The highest BCUT2D eigenvalue weighted by molar-refractivity contribution is 7.92. The van der Waals surface area contributed by atoms with Gasteiger partial charge in [0, 0.05) is 31.1 Å². The van der Waals surface area contributed by atoms with Crippen LogP contribution in [0.1, 0.15) is 37.8 Å². The summed E-state index contributed by atoms with van der Waals surface area (Å²) >= 11 is 18.2.